The van der Waals surface area contributed by atoms with Crippen molar-refractivity contribution in [2.75, 3.05) is 19.0 Å². The van der Waals surface area contributed by atoms with Gasteiger partial charge in [0.05, 0.1) is 19.2 Å². The molecule has 0 radical (unpaired) electrons. The van der Waals surface area contributed by atoms with Crippen molar-refractivity contribution in [3.05, 3.63) is 90.0 Å². The number of nitrogens with one attached hydrogen (secondary N) is 2. The average Bonchev–Trinajstić information content (AvgIpc) is 3.59. The van der Waals surface area contributed by atoms with Crippen LogP contribution in [0.4, 0.5) is 5.69 Å². The highest BCUT2D eigenvalue weighted by atomic mass is 16.3. The highest BCUT2D eigenvalue weighted by Crippen LogP contribution is 2.29. The number of hydrogen-bond donors (Lipinski definition) is 2. The molecular weight excluding hydrogens is 476 g/mol. The summed E-state index contributed by atoms with van der Waals surface area (Å²) in [6.07, 6.45) is 9.03. The highest BCUT2D eigenvalue weighted by Gasteiger charge is 2.34. The lowest BCUT2D eigenvalue weighted by Crippen LogP contribution is -2.47. The molecule has 5 rings (SSSR count). The second kappa shape index (κ2) is 11.6. The van der Waals surface area contributed by atoms with E-state index in [1.54, 1.807) is 17.2 Å². The molecule has 2 N–H and O–H groups in total. The summed E-state index contributed by atoms with van der Waals surface area (Å²) in [6.45, 7) is 0.201. The number of anilines is 1. The predicted molar refractivity (Wildman–Crippen MR) is 150 cm³/mol. The monoisotopic (exact) mass is 512 g/mol. The van der Waals surface area contributed by atoms with E-state index in [2.05, 4.69) is 10.3 Å². The van der Waals surface area contributed by atoms with Crippen LogP contribution in [-0.4, -0.2) is 41.8 Å². The summed E-state index contributed by atoms with van der Waals surface area (Å²) in [7, 11) is 3.96. The third-order valence-corrected chi connectivity index (χ3v) is 7.48. The molecule has 4 aromatic rings. The number of hydrogen-bond acceptors (Lipinski definition) is 4. The summed E-state index contributed by atoms with van der Waals surface area (Å²) in [5.74, 6) is 0.359. The SMILES string of the molecule is CN(C)c1ccc([C@@H](C(=O)NC2CCCCC2)N(Cc2ccco2)C(=O)Cc2c[nH]c3ccccc23)cc1. The van der Waals surface area contributed by atoms with E-state index in [1.165, 1.54) is 6.42 Å². The number of rotatable bonds is 9. The van der Waals surface area contributed by atoms with E-state index in [1.807, 2.05) is 79.8 Å². The lowest BCUT2D eigenvalue weighted by atomic mass is 9.94. The van der Waals surface area contributed by atoms with Gasteiger partial charge in [-0.15, -0.1) is 0 Å². The van der Waals surface area contributed by atoms with Gasteiger partial charge in [0.15, 0.2) is 0 Å². The van der Waals surface area contributed by atoms with E-state index in [9.17, 15) is 9.59 Å². The fourth-order valence-corrected chi connectivity index (χ4v) is 5.39. The molecule has 7 nitrogen and oxygen atoms in total. The Kier molecular flexibility index (Phi) is 7.82. The number of benzene rings is 2. The summed E-state index contributed by atoms with van der Waals surface area (Å²) < 4.78 is 5.65. The van der Waals surface area contributed by atoms with Crippen molar-refractivity contribution in [2.45, 2.75) is 57.2 Å². The first-order valence-corrected chi connectivity index (χ1v) is 13.4. The number of aromatic nitrogens is 1. The largest absolute Gasteiger partial charge is 0.467 e. The molecule has 2 aromatic heterocycles. The van der Waals surface area contributed by atoms with Gasteiger partial charge in [-0.3, -0.25) is 9.59 Å². The quantitative estimate of drug-likeness (QED) is 0.306. The molecule has 0 spiro atoms. The van der Waals surface area contributed by atoms with Crippen LogP contribution in [0.5, 0.6) is 0 Å². The lowest BCUT2D eigenvalue weighted by Gasteiger charge is -2.33. The number of fused-ring (bicyclic) bond motifs is 1. The molecule has 2 aromatic carbocycles. The Morgan fingerprint density at radius 1 is 1.00 bits per heavy atom. The number of furan rings is 1. The van der Waals surface area contributed by atoms with Crippen molar-refractivity contribution in [1.82, 2.24) is 15.2 Å². The molecule has 198 valence electrons. The Balaban J connectivity index is 1.50. The molecule has 0 aliphatic heterocycles. The number of nitrogens with zero attached hydrogens (tertiary/aromatic N) is 2. The van der Waals surface area contributed by atoms with E-state index in [-0.39, 0.29) is 30.8 Å². The lowest BCUT2D eigenvalue weighted by molar-refractivity contribution is -0.141. The molecule has 1 saturated carbocycles. The van der Waals surface area contributed by atoms with Crippen LogP contribution >= 0.6 is 0 Å². The van der Waals surface area contributed by atoms with Crippen molar-refractivity contribution >= 4 is 28.4 Å². The van der Waals surface area contributed by atoms with E-state index < -0.39 is 6.04 Å². The number of para-hydroxylation sites is 1. The second-order valence-corrected chi connectivity index (χ2v) is 10.4. The van der Waals surface area contributed by atoms with E-state index >= 15 is 0 Å². The number of amides is 2. The van der Waals surface area contributed by atoms with Gasteiger partial charge >= 0.3 is 0 Å². The standard InChI is InChI=1S/C31H36N4O3/c1-34(2)25-16-14-22(15-17-25)30(31(37)33-24-9-4-3-5-10-24)35(21-26-11-8-18-38-26)29(36)19-23-20-32-28-13-7-6-12-27(23)28/h6-8,11-18,20,24,30,32H,3-5,9-10,19,21H2,1-2H3,(H,33,37)/t30-/m0/s1. The fraction of sp³-hybridized carbons (Fsp3) is 0.355. The summed E-state index contributed by atoms with van der Waals surface area (Å²) in [4.78, 5) is 35.0. The van der Waals surface area contributed by atoms with Crippen LogP contribution < -0.4 is 10.2 Å². The van der Waals surface area contributed by atoms with Gasteiger partial charge in [0, 0.05) is 42.9 Å². The average molecular weight is 513 g/mol. The number of carbonyl (C=O) groups excluding carboxylic acids is 2. The third-order valence-electron chi connectivity index (χ3n) is 7.48. The zero-order chi connectivity index (χ0) is 26.5. The predicted octanol–water partition coefficient (Wildman–Crippen LogP) is 5.59. The summed E-state index contributed by atoms with van der Waals surface area (Å²) in [6, 6.07) is 18.8. The number of H-pyrrole nitrogens is 1. The first kappa shape index (κ1) is 25.6. The maximum atomic E-state index is 14.0. The van der Waals surface area contributed by atoms with Crippen molar-refractivity contribution in [2.24, 2.45) is 0 Å². The molecule has 2 amide bonds. The molecule has 38 heavy (non-hydrogen) atoms. The van der Waals surface area contributed by atoms with Crippen LogP contribution in [0.15, 0.2) is 77.5 Å². The summed E-state index contributed by atoms with van der Waals surface area (Å²) in [5.41, 5.74) is 3.70. The molecule has 1 aliphatic rings. The zero-order valence-electron chi connectivity index (χ0n) is 22.2. The van der Waals surface area contributed by atoms with Crippen molar-refractivity contribution in [3.8, 4) is 0 Å². The number of carbonyl (C=O) groups is 2. The Morgan fingerprint density at radius 3 is 2.47 bits per heavy atom. The van der Waals surface area contributed by atoms with Crippen LogP contribution in [0.25, 0.3) is 10.9 Å². The highest BCUT2D eigenvalue weighted by molar-refractivity contribution is 5.92. The third kappa shape index (κ3) is 5.77. The van der Waals surface area contributed by atoms with Gasteiger partial charge in [0.1, 0.15) is 11.8 Å². The van der Waals surface area contributed by atoms with Gasteiger partial charge in [-0.05, 0) is 54.3 Å². The fourth-order valence-electron chi connectivity index (χ4n) is 5.39. The van der Waals surface area contributed by atoms with Crippen LogP contribution in [0.3, 0.4) is 0 Å². The Bertz CT molecular complexity index is 1350. The Morgan fingerprint density at radius 2 is 1.76 bits per heavy atom. The molecule has 7 heteroatoms. The summed E-state index contributed by atoms with van der Waals surface area (Å²) in [5, 5.41) is 4.29. The smallest absolute Gasteiger partial charge is 0.247 e. The number of aromatic amines is 1. The molecule has 2 heterocycles. The molecule has 0 saturated heterocycles. The van der Waals surface area contributed by atoms with E-state index in [0.717, 1.165) is 53.4 Å². The first-order valence-electron chi connectivity index (χ1n) is 13.4. The molecule has 1 atom stereocenters. The van der Waals surface area contributed by atoms with E-state index in [4.69, 9.17) is 4.42 Å². The minimum Gasteiger partial charge on any atom is -0.467 e. The van der Waals surface area contributed by atoms with Crippen LogP contribution in [-0.2, 0) is 22.6 Å². The summed E-state index contributed by atoms with van der Waals surface area (Å²) >= 11 is 0. The molecule has 0 unspecified atom stereocenters. The topological polar surface area (TPSA) is 81.6 Å². The van der Waals surface area contributed by atoms with Gasteiger partial charge < -0.3 is 24.5 Å². The van der Waals surface area contributed by atoms with Gasteiger partial charge in [0.25, 0.3) is 0 Å². The minimum absolute atomic E-state index is 0.133. The normalized spacial score (nSPS) is 14.8. The van der Waals surface area contributed by atoms with Crippen LogP contribution in [0.2, 0.25) is 0 Å². The molecular formula is C31H36N4O3. The van der Waals surface area contributed by atoms with Gasteiger partial charge in [-0.25, -0.2) is 0 Å². The maximum Gasteiger partial charge on any atom is 0.247 e. The van der Waals surface area contributed by atoms with Gasteiger partial charge in [-0.2, -0.15) is 0 Å². The van der Waals surface area contributed by atoms with Crippen LogP contribution in [0, 0.1) is 0 Å². The van der Waals surface area contributed by atoms with Crippen molar-refractivity contribution in [1.29, 1.82) is 0 Å². The van der Waals surface area contributed by atoms with Crippen LogP contribution in [0.1, 0.15) is 55.0 Å². The van der Waals surface area contributed by atoms with Crippen molar-refractivity contribution in [3.63, 3.8) is 0 Å². The van der Waals surface area contributed by atoms with Gasteiger partial charge in [0.2, 0.25) is 11.8 Å². The Labute approximate surface area is 223 Å². The second-order valence-electron chi connectivity index (χ2n) is 10.4. The van der Waals surface area contributed by atoms with Gasteiger partial charge in [-0.1, -0.05) is 49.6 Å². The molecule has 1 fully saturated rings. The molecule has 1 aliphatic carbocycles. The zero-order valence-corrected chi connectivity index (χ0v) is 22.2. The maximum absolute atomic E-state index is 14.0. The van der Waals surface area contributed by atoms with Crippen molar-refractivity contribution < 1.29 is 14.0 Å². The first-order chi connectivity index (χ1) is 18.5. The minimum atomic E-state index is -0.782. The van der Waals surface area contributed by atoms with E-state index in [0.29, 0.717) is 5.76 Å². The Hall–Kier alpha value is -4.00. The molecule has 0 bridgehead atoms.